The molecule has 0 saturated carbocycles. The zero-order valence-corrected chi connectivity index (χ0v) is 22.4. The number of rotatable bonds is 10. The maximum atomic E-state index is 14.2. The summed E-state index contributed by atoms with van der Waals surface area (Å²) in [6, 6.07) is 24.1. The monoisotopic (exact) mass is 539 g/mol. The summed E-state index contributed by atoms with van der Waals surface area (Å²) in [6.07, 6.45) is 3.97. The number of carbonyl (C=O) groups excluding carboxylic acids is 1. The lowest BCUT2D eigenvalue weighted by molar-refractivity contribution is 0.233. The first kappa shape index (κ1) is 27.3. The van der Waals surface area contributed by atoms with Gasteiger partial charge in [0, 0.05) is 63.8 Å². The van der Waals surface area contributed by atoms with Gasteiger partial charge in [-0.05, 0) is 76.3 Å². The predicted molar refractivity (Wildman–Crippen MR) is 156 cm³/mol. The molecule has 0 radical (unpaired) electrons. The van der Waals surface area contributed by atoms with Crippen molar-refractivity contribution < 1.29 is 13.9 Å². The molecule has 0 atom stereocenters. The minimum Gasteiger partial charge on any atom is -0.493 e. The normalized spacial score (nSPS) is 13.5. The molecule has 0 unspecified atom stereocenters. The van der Waals surface area contributed by atoms with Crippen molar-refractivity contribution in [2.75, 3.05) is 38.1 Å². The molecule has 2 amide bonds. The molecule has 0 aliphatic carbocycles. The van der Waals surface area contributed by atoms with Crippen molar-refractivity contribution in [3.05, 3.63) is 114 Å². The third kappa shape index (κ3) is 7.88. The van der Waals surface area contributed by atoms with Crippen LogP contribution in [0.3, 0.4) is 0 Å². The lowest BCUT2D eigenvalue weighted by Crippen LogP contribution is -2.42. The second-order valence-electron chi connectivity index (χ2n) is 9.82. The molecule has 1 aliphatic heterocycles. The van der Waals surface area contributed by atoms with Crippen LogP contribution in [0.25, 0.3) is 11.1 Å². The second kappa shape index (κ2) is 13.7. The van der Waals surface area contributed by atoms with Crippen LogP contribution in [0.4, 0.5) is 14.9 Å². The van der Waals surface area contributed by atoms with E-state index < -0.39 is 0 Å². The fourth-order valence-corrected chi connectivity index (χ4v) is 4.79. The molecule has 2 heterocycles. The first-order valence-corrected chi connectivity index (χ1v) is 13.6. The van der Waals surface area contributed by atoms with Gasteiger partial charge < -0.3 is 20.7 Å². The van der Waals surface area contributed by atoms with Crippen molar-refractivity contribution in [2.24, 2.45) is 0 Å². The van der Waals surface area contributed by atoms with Gasteiger partial charge in [0.1, 0.15) is 11.6 Å². The highest BCUT2D eigenvalue weighted by atomic mass is 19.1. The summed E-state index contributed by atoms with van der Waals surface area (Å²) in [5.41, 5.74) is 5.84. The van der Waals surface area contributed by atoms with Gasteiger partial charge in [-0.3, -0.25) is 9.88 Å². The van der Waals surface area contributed by atoms with Gasteiger partial charge in [-0.1, -0.05) is 30.3 Å². The fourth-order valence-electron chi connectivity index (χ4n) is 4.79. The van der Waals surface area contributed by atoms with E-state index in [0.717, 1.165) is 55.0 Å². The Bertz CT molecular complexity index is 1390. The van der Waals surface area contributed by atoms with E-state index in [-0.39, 0.29) is 11.8 Å². The predicted octanol–water partition coefficient (Wildman–Crippen LogP) is 5.24. The van der Waals surface area contributed by atoms with Gasteiger partial charge in [0.2, 0.25) is 0 Å². The van der Waals surface area contributed by atoms with Crippen LogP contribution in [0, 0.1) is 5.82 Å². The summed E-state index contributed by atoms with van der Waals surface area (Å²) in [6.45, 7) is 5.82. The molecule has 7 nitrogen and oxygen atoms in total. The van der Waals surface area contributed by atoms with Crippen molar-refractivity contribution in [1.29, 1.82) is 0 Å². The molecule has 8 heteroatoms. The minimum atomic E-state index is -0.298. The lowest BCUT2D eigenvalue weighted by atomic mass is 9.96. The molecule has 5 rings (SSSR count). The number of ether oxygens (including phenoxy) is 1. The topological polar surface area (TPSA) is 78.5 Å². The summed E-state index contributed by atoms with van der Waals surface area (Å²) in [4.78, 5) is 18.7. The van der Waals surface area contributed by atoms with Crippen LogP contribution in [0.2, 0.25) is 0 Å². The van der Waals surface area contributed by atoms with Crippen molar-refractivity contribution in [3.63, 3.8) is 0 Å². The number of hydrogen-bond donors (Lipinski definition) is 3. The van der Waals surface area contributed by atoms with Gasteiger partial charge in [-0.2, -0.15) is 0 Å². The number of anilines is 1. The summed E-state index contributed by atoms with van der Waals surface area (Å²) >= 11 is 0. The number of hydrogen-bond acceptors (Lipinski definition) is 5. The zero-order chi connectivity index (χ0) is 27.6. The standard InChI is InChI=1S/C32H34FN5O2/c33-28-6-11-31(26-5-1-3-24(19-26)23-38-16-14-34-15-17-38)27(20-28)12-18-40-30-9-7-29(8-10-30)37-32(39)36-22-25-4-2-13-35-21-25/h1-11,13,19-21,34H,12,14-18,22-23H2,(H2,36,37,39). The van der Waals surface area contributed by atoms with E-state index in [1.165, 1.54) is 11.6 Å². The highest BCUT2D eigenvalue weighted by Crippen LogP contribution is 2.27. The molecule has 3 N–H and O–H groups in total. The van der Waals surface area contributed by atoms with E-state index in [1.807, 2.05) is 30.3 Å². The van der Waals surface area contributed by atoms with E-state index in [0.29, 0.717) is 31.0 Å². The fraction of sp³-hybridized carbons (Fsp3) is 0.250. The number of pyridine rings is 1. The van der Waals surface area contributed by atoms with Crippen molar-refractivity contribution >= 4 is 11.7 Å². The highest BCUT2D eigenvalue weighted by Gasteiger charge is 2.12. The molecule has 3 aromatic carbocycles. The molecule has 1 fully saturated rings. The summed E-state index contributed by atoms with van der Waals surface area (Å²) in [5.74, 6) is 0.422. The van der Waals surface area contributed by atoms with E-state index in [9.17, 15) is 9.18 Å². The smallest absolute Gasteiger partial charge is 0.319 e. The number of urea groups is 1. The molecule has 206 valence electrons. The number of carbonyl (C=O) groups is 1. The number of amides is 2. The summed E-state index contributed by atoms with van der Waals surface area (Å²) in [7, 11) is 0. The van der Waals surface area contributed by atoms with Crippen molar-refractivity contribution in [2.45, 2.75) is 19.5 Å². The number of nitrogens with zero attached hydrogens (tertiary/aromatic N) is 2. The van der Waals surface area contributed by atoms with Crippen molar-refractivity contribution in [3.8, 4) is 16.9 Å². The van der Waals surface area contributed by atoms with Gasteiger partial charge in [0.25, 0.3) is 0 Å². The van der Waals surface area contributed by atoms with Crippen molar-refractivity contribution in [1.82, 2.24) is 20.5 Å². The van der Waals surface area contributed by atoms with Crippen LogP contribution in [-0.2, 0) is 19.5 Å². The second-order valence-corrected chi connectivity index (χ2v) is 9.82. The first-order chi connectivity index (χ1) is 19.6. The van der Waals surface area contributed by atoms with Gasteiger partial charge >= 0.3 is 6.03 Å². The average Bonchev–Trinajstić information content (AvgIpc) is 2.98. The molecule has 0 bridgehead atoms. The third-order valence-corrected chi connectivity index (χ3v) is 6.85. The maximum Gasteiger partial charge on any atom is 0.319 e. The number of halogens is 1. The Morgan fingerprint density at radius 1 is 0.975 bits per heavy atom. The molecular weight excluding hydrogens is 505 g/mol. The Balaban J connectivity index is 1.15. The Labute approximate surface area is 234 Å². The highest BCUT2D eigenvalue weighted by molar-refractivity contribution is 5.89. The van der Waals surface area contributed by atoms with E-state index in [1.54, 1.807) is 30.6 Å². The number of aromatic nitrogens is 1. The van der Waals surface area contributed by atoms with Crippen LogP contribution in [-0.4, -0.2) is 48.7 Å². The summed E-state index contributed by atoms with van der Waals surface area (Å²) < 4.78 is 20.2. The third-order valence-electron chi connectivity index (χ3n) is 6.85. The number of piperazine rings is 1. The van der Waals surface area contributed by atoms with Gasteiger partial charge in [0.15, 0.2) is 0 Å². The summed E-state index contributed by atoms with van der Waals surface area (Å²) in [5, 5.41) is 9.01. The van der Waals surface area contributed by atoms with Gasteiger partial charge in [-0.25, -0.2) is 9.18 Å². The molecule has 1 aliphatic rings. The molecule has 40 heavy (non-hydrogen) atoms. The van der Waals surface area contributed by atoms with Crippen LogP contribution in [0.5, 0.6) is 5.75 Å². The maximum absolute atomic E-state index is 14.2. The largest absolute Gasteiger partial charge is 0.493 e. The first-order valence-electron chi connectivity index (χ1n) is 13.6. The molecule has 0 spiro atoms. The quantitative estimate of drug-likeness (QED) is 0.257. The Hall–Kier alpha value is -4.27. The van der Waals surface area contributed by atoms with Crippen LogP contribution >= 0.6 is 0 Å². The van der Waals surface area contributed by atoms with E-state index in [2.05, 4.69) is 50.1 Å². The van der Waals surface area contributed by atoms with Gasteiger partial charge in [-0.15, -0.1) is 0 Å². The van der Waals surface area contributed by atoms with Crippen LogP contribution < -0.4 is 20.7 Å². The van der Waals surface area contributed by atoms with Gasteiger partial charge in [0.05, 0.1) is 6.61 Å². The molecule has 4 aromatic rings. The zero-order valence-electron chi connectivity index (χ0n) is 22.4. The number of benzene rings is 3. The minimum absolute atomic E-state index is 0.257. The molecular formula is C32H34FN5O2. The number of nitrogens with one attached hydrogen (secondary N) is 3. The van der Waals surface area contributed by atoms with Crippen LogP contribution in [0.1, 0.15) is 16.7 Å². The molecule has 1 saturated heterocycles. The average molecular weight is 540 g/mol. The molecule has 1 aromatic heterocycles. The Kier molecular flexibility index (Phi) is 9.34. The Morgan fingerprint density at radius 3 is 2.60 bits per heavy atom. The Morgan fingerprint density at radius 2 is 1.80 bits per heavy atom. The SMILES string of the molecule is O=C(NCc1cccnc1)Nc1ccc(OCCc2cc(F)ccc2-c2cccc(CN3CCNCC3)c2)cc1. The van der Waals surface area contributed by atoms with E-state index >= 15 is 0 Å². The van der Waals surface area contributed by atoms with E-state index in [4.69, 9.17) is 4.74 Å². The van der Waals surface area contributed by atoms with Crippen LogP contribution in [0.15, 0.2) is 91.3 Å². The lowest BCUT2D eigenvalue weighted by Gasteiger charge is -2.27.